The number of rotatable bonds is 5. The standard InChI is InChI=1S/C12H19N5O2/c1-3-15-8-14-10-9(15)11(18)17(7-5-6-13)12(19)16(10)4-2/h8H,3-7,13H2,1-2H3. The quantitative estimate of drug-likeness (QED) is 0.807. The Balaban J connectivity index is 2.81. The molecule has 104 valence electrons. The van der Waals surface area contributed by atoms with Gasteiger partial charge in [-0.2, -0.15) is 0 Å². The molecule has 0 fully saturated rings. The van der Waals surface area contributed by atoms with Crippen molar-refractivity contribution in [3.05, 3.63) is 27.2 Å². The third-order valence-corrected chi connectivity index (χ3v) is 3.23. The van der Waals surface area contributed by atoms with Gasteiger partial charge >= 0.3 is 5.69 Å². The zero-order valence-electron chi connectivity index (χ0n) is 11.3. The van der Waals surface area contributed by atoms with Gasteiger partial charge in [0.05, 0.1) is 6.33 Å². The Hall–Kier alpha value is -1.89. The van der Waals surface area contributed by atoms with E-state index in [1.54, 1.807) is 10.9 Å². The maximum Gasteiger partial charge on any atom is 0.332 e. The molecule has 0 atom stereocenters. The van der Waals surface area contributed by atoms with Gasteiger partial charge in [-0.1, -0.05) is 0 Å². The van der Waals surface area contributed by atoms with Crippen LogP contribution in [0.4, 0.5) is 0 Å². The van der Waals surface area contributed by atoms with Crippen LogP contribution in [-0.4, -0.2) is 25.2 Å². The first-order chi connectivity index (χ1) is 9.15. The van der Waals surface area contributed by atoms with Crippen LogP contribution in [0.15, 0.2) is 15.9 Å². The molecule has 0 radical (unpaired) electrons. The maximum absolute atomic E-state index is 12.4. The van der Waals surface area contributed by atoms with Crippen LogP contribution in [-0.2, 0) is 19.6 Å². The summed E-state index contributed by atoms with van der Waals surface area (Å²) >= 11 is 0. The molecular weight excluding hydrogens is 246 g/mol. The minimum atomic E-state index is -0.310. The Morgan fingerprint density at radius 3 is 2.53 bits per heavy atom. The van der Waals surface area contributed by atoms with Gasteiger partial charge < -0.3 is 10.3 Å². The van der Waals surface area contributed by atoms with Crippen molar-refractivity contribution in [1.29, 1.82) is 0 Å². The molecule has 7 heteroatoms. The van der Waals surface area contributed by atoms with E-state index in [-0.39, 0.29) is 11.2 Å². The van der Waals surface area contributed by atoms with Gasteiger partial charge in [-0.25, -0.2) is 9.78 Å². The molecule has 2 N–H and O–H groups in total. The molecule has 2 heterocycles. The van der Waals surface area contributed by atoms with Crippen molar-refractivity contribution in [3.63, 3.8) is 0 Å². The minimum absolute atomic E-state index is 0.280. The van der Waals surface area contributed by atoms with Crippen molar-refractivity contribution in [1.82, 2.24) is 18.7 Å². The lowest BCUT2D eigenvalue weighted by molar-refractivity contribution is 0.559. The Kier molecular flexibility index (Phi) is 3.84. The third-order valence-electron chi connectivity index (χ3n) is 3.23. The summed E-state index contributed by atoms with van der Waals surface area (Å²) in [7, 11) is 0. The zero-order valence-corrected chi connectivity index (χ0v) is 11.3. The Morgan fingerprint density at radius 2 is 1.95 bits per heavy atom. The van der Waals surface area contributed by atoms with Gasteiger partial charge in [0.15, 0.2) is 11.2 Å². The van der Waals surface area contributed by atoms with Crippen LogP contribution < -0.4 is 17.0 Å². The van der Waals surface area contributed by atoms with Crippen molar-refractivity contribution in [3.8, 4) is 0 Å². The molecule has 7 nitrogen and oxygen atoms in total. The van der Waals surface area contributed by atoms with E-state index in [0.29, 0.717) is 43.8 Å². The highest BCUT2D eigenvalue weighted by Crippen LogP contribution is 2.06. The van der Waals surface area contributed by atoms with Crippen molar-refractivity contribution >= 4 is 11.2 Å². The third kappa shape index (κ3) is 2.10. The molecule has 0 amide bonds. The molecule has 0 aromatic carbocycles. The van der Waals surface area contributed by atoms with Gasteiger partial charge in [0, 0.05) is 19.6 Å². The minimum Gasteiger partial charge on any atom is -0.330 e. The predicted molar refractivity (Wildman–Crippen MR) is 73.3 cm³/mol. The fourth-order valence-corrected chi connectivity index (χ4v) is 2.21. The summed E-state index contributed by atoms with van der Waals surface area (Å²) in [5.41, 5.74) is 5.81. The summed E-state index contributed by atoms with van der Waals surface area (Å²) < 4.78 is 4.55. The number of hydrogen-bond acceptors (Lipinski definition) is 4. The molecule has 2 aromatic heterocycles. The van der Waals surface area contributed by atoms with Crippen molar-refractivity contribution < 1.29 is 0 Å². The largest absolute Gasteiger partial charge is 0.332 e. The summed E-state index contributed by atoms with van der Waals surface area (Å²) in [5.74, 6) is 0. The number of aryl methyl sites for hydroxylation is 2. The van der Waals surface area contributed by atoms with Gasteiger partial charge in [-0.15, -0.1) is 0 Å². The molecule has 0 aliphatic rings. The Bertz CT molecular complexity index is 694. The second-order valence-corrected chi connectivity index (χ2v) is 4.33. The number of aromatic nitrogens is 4. The molecule has 0 saturated carbocycles. The first-order valence-electron chi connectivity index (χ1n) is 6.54. The van der Waals surface area contributed by atoms with E-state index in [4.69, 9.17) is 5.73 Å². The fraction of sp³-hybridized carbons (Fsp3) is 0.583. The van der Waals surface area contributed by atoms with Crippen LogP contribution in [0, 0.1) is 0 Å². The second-order valence-electron chi connectivity index (χ2n) is 4.33. The first-order valence-corrected chi connectivity index (χ1v) is 6.54. The molecule has 0 spiro atoms. The number of imidazole rings is 1. The number of hydrogen-bond donors (Lipinski definition) is 1. The highest BCUT2D eigenvalue weighted by Gasteiger charge is 2.16. The van der Waals surface area contributed by atoms with E-state index >= 15 is 0 Å². The fourth-order valence-electron chi connectivity index (χ4n) is 2.21. The molecule has 0 aliphatic carbocycles. The summed E-state index contributed by atoms with van der Waals surface area (Å²) in [6.45, 7) is 5.72. The lowest BCUT2D eigenvalue weighted by Gasteiger charge is -2.10. The lowest BCUT2D eigenvalue weighted by atomic mass is 10.4. The van der Waals surface area contributed by atoms with Crippen molar-refractivity contribution in [2.45, 2.75) is 39.9 Å². The SMILES string of the molecule is CCn1cnc2c1c(=O)n(CCCN)c(=O)n2CC. The molecular formula is C12H19N5O2. The molecule has 19 heavy (non-hydrogen) atoms. The Morgan fingerprint density at radius 1 is 1.21 bits per heavy atom. The van der Waals surface area contributed by atoms with Gasteiger partial charge in [0.1, 0.15) is 0 Å². The topological polar surface area (TPSA) is 87.8 Å². The molecule has 0 saturated heterocycles. The van der Waals surface area contributed by atoms with Crippen LogP contribution in [0.2, 0.25) is 0 Å². The van der Waals surface area contributed by atoms with E-state index in [1.165, 1.54) is 9.13 Å². The zero-order chi connectivity index (χ0) is 14.0. The van der Waals surface area contributed by atoms with Crippen molar-refractivity contribution in [2.75, 3.05) is 6.54 Å². The van der Waals surface area contributed by atoms with Crippen LogP contribution >= 0.6 is 0 Å². The molecule has 0 aliphatic heterocycles. The summed E-state index contributed by atoms with van der Waals surface area (Å²) in [4.78, 5) is 28.9. The molecule has 0 unspecified atom stereocenters. The van der Waals surface area contributed by atoms with Gasteiger partial charge in [0.25, 0.3) is 5.56 Å². The van der Waals surface area contributed by atoms with Crippen molar-refractivity contribution in [2.24, 2.45) is 5.73 Å². The highest BCUT2D eigenvalue weighted by molar-refractivity contribution is 5.70. The average molecular weight is 265 g/mol. The predicted octanol–water partition coefficient (Wildman–Crippen LogP) is -0.252. The lowest BCUT2D eigenvalue weighted by Crippen LogP contribution is -2.40. The monoisotopic (exact) mass is 265 g/mol. The molecule has 0 bridgehead atoms. The second kappa shape index (κ2) is 5.40. The highest BCUT2D eigenvalue weighted by atomic mass is 16.2. The van der Waals surface area contributed by atoms with E-state index < -0.39 is 0 Å². The van der Waals surface area contributed by atoms with E-state index in [0.717, 1.165) is 0 Å². The van der Waals surface area contributed by atoms with Crippen LogP contribution in [0.3, 0.4) is 0 Å². The Labute approximate surface area is 110 Å². The number of nitrogens with zero attached hydrogens (tertiary/aromatic N) is 4. The normalized spacial score (nSPS) is 11.3. The maximum atomic E-state index is 12.4. The number of fused-ring (bicyclic) bond motifs is 1. The van der Waals surface area contributed by atoms with E-state index in [1.807, 2.05) is 13.8 Å². The van der Waals surface area contributed by atoms with Gasteiger partial charge in [0.2, 0.25) is 0 Å². The smallest absolute Gasteiger partial charge is 0.330 e. The summed E-state index contributed by atoms with van der Waals surface area (Å²) in [6, 6.07) is 0. The molecule has 2 aromatic rings. The van der Waals surface area contributed by atoms with E-state index in [9.17, 15) is 9.59 Å². The van der Waals surface area contributed by atoms with Crippen LogP contribution in [0.1, 0.15) is 20.3 Å². The number of nitrogens with two attached hydrogens (primary N) is 1. The average Bonchev–Trinajstić information content (AvgIpc) is 2.83. The first kappa shape index (κ1) is 13.5. The van der Waals surface area contributed by atoms with Crippen LogP contribution in [0.5, 0.6) is 0 Å². The summed E-state index contributed by atoms with van der Waals surface area (Å²) in [6.07, 6.45) is 2.20. The van der Waals surface area contributed by atoms with Gasteiger partial charge in [-0.3, -0.25) is 13.9 Å². The van der Waals surface area contributed by atoms with Crippen LogP contribution in [0.25, 0.3) is 11.2 Å². The van der Waals surface area contributed by atoms with E-state index in [2.05, 4.69) is 4.98 Å². The van der Waals surface area contributed by atoms with Gasteiger partial charge in [-0.05, 0) is 26.8 Å². The summed E-state index contributed by atoms with van der Waals surface area (Å²) in [5, 5.41) is 0. The molecule has 2 rings (SSSR count).